The van der Waals surface area contributed by atoms with Gasteiger partial charge in [-0.15, -0.1) is 11.3 Å². The van der Waals surface area contributed by atoms with E-state index in [9.17, 15) is 9.18 Å². The van der Waals surface area contributed by atoms with Crippen LogP contribution >= 0.6 is 11.3 Å². The summed E-state index contributed by atoms with van der Waals surface area (Å²) in [5.74, 6) is 0.0834. The van der Waals surface area contributed by atoms with Crippen molar-refractivity contribution in [2.45, 2.75) is 13.8 Å². The van der Waals surface area contributed by atoms with E-state index in [1.807, 2.05) is 43.5 Å². The van der Waals surface area contributed by atoms with Crippen LogP contribution in [-0.4, -0.2) is 24.5 Å². The molecule has 0 unspecified atom stereocenters. The molecule has 6 heteroatoms. The molecule has 0 atom stereocenters. The summed E-state index contributed by atoms with van der Waals surface area (Å²) in [6.07, 6.45) is 0. The molecule has 0 radical (unpaired) electrons. The van der Waals surface area contributed by atoms with Crippen molar-refractivity contribution in [1.29, 1.82) is 0 Å². The van der Waals surface area contributed by atoms with Crippen molar-refractivity contribution in [3.8, 4) is 17.0 Å². The van der Waals surface area contributed by atoms with Crippen LogP contribution < -0.4 is 9.64 Å². The predicted octanol–water partition coefficient (Wildman–Crippen LogP) is 5.26. The molecule has 140 valence electrons. The number of methoxy groups -OCH3 is 1. The first-order chi connectivity index (χ1) is 13.0. The second kappa shape index (κ2) is 8.31. The minimum atomic E-state index is -0.525. The number of hydrogen-bond acceptors (Lipinski definition) is 4. The molecule has 0 bridgehead atoms. The van der Waals surface area contributed by atoms with Gasteiger partial charge in [-0.25, -0.2) is 9.37 Å². The van der Waals surface area contributed by atoms with Gasteiger partial charge in [0.05, 0.1) is 18.4 Å². The number of rotatable bonds is 6. The highest BCUT2D eigenvalue weighted by atomic mass is 32.1. The summed E-state index contributed by atoms with van der Waals surface area (Å²) in [6, 6.07) is 13.6. The topological polar surface area (TPSA) is 42.4 Å². The third-order valence-electron chi connectivity index (χ3n) is 4.01. The summed E-state index contributed by atoms with van der Waals surface area (Å²) >= 11 is 1.37. The Morgan fingerprint density at radius 1 is 1.19 bits per heavy atom. The number of amides is 1. The van der Waals surface area contributed by atoms with Crippen LogP contribution in [0.2, 0.25) is 0 Å². The van der Waals surface area contributed by atoms with Crippen LogP contribution in [0.1, 0.15) is 24.2 Å². The number of aromatic nitrogens is 1. The van der Waals surface area contributed by atoms with E-state index in [-0.39, 0.29) is 17.4 Å². The third kappa shape index (κ3) is 4.34. The number of anilines is 1. The Labute approximate surface area is 162 Å². The molecule has 1 heterocycles. The zero-order valence-corrected chi connectivity index (χ0v) is 16.3. The number of hydrogen-bond donors (Lipinski definition) is 0. The fourth-order valence-electron chi connectivity index (χ4n) is 2.68. The van der Waals surface area contributed by atoms with Crippen molar-refractivity contribution in [3.05, 3.63) is 65.3 Å². The van der Waals surface area contributed by atoms with E-state index in [0.717, 1.165) is 17.0 Å². The standard InChI is InChI=1S/C21H21FN2O2S/c1-14(2)12-24(20(25)17-6-4-5-7-18(17)22)21-23-19(13-27-21)15-8-10-16(26-3)11-9-15/h4-11,13-14H,12H2,1-3H3. The van der Waals surface area contributed by atoms with Crippen molar-refractivity contribution in [2.24, 2.45) is 5.92 Å². The summed E-state index contributed by atoms with van der Waals surface area (Å²) in [5, 5.41) is 2.46. The zero-order chi connectivity index (χ0) is 19.4. The number of carbonyl (C=O) groups excluding carboxylic acids is 1. The molecular weight excluding hydrogens is 363 g/mol. The average molecular weight is 384 g/mol. The molecule has 0 fully saturated rings. The first-order valence-electron chi connectivity index (χ1n) is 8.66. The lowest BCUT2D eigenvalue weighted by Gasteiger charge is -2.22. The molecule has 0 saturated carbocycles. The summed E-state index contributed by atoms with van der Waals surface area (Å²) in [5.41, 5.74) is 1.76. The molecule has 1 amide bonds. The minimum Gasteiger partial charge on any atom is -0.497 e. The summed E-state index contributed by atoms with van der Waals surface area (Å²) < 4.78 is 19.3. The maximum atomic E-state index is 14.1. The van der Waals surface area contributed by atoms with Gasteiger partial charge in [0.2, 0.25) is 0 Å². The summed E-state index contributed by atoms with van der Waals surface area (Å²) in [6.45, 7) is 4.49. The molecule has 0 saturated heterocycles. The van der Waals surface area contributed by atoms with Crippen molar-refractivity contribution in [3.63, 3.8) is 0 Å². The van der Waals surface area contributed by atoms with Crippen LogP contribution in [0.3, 0.4) is 0 Å². The first-order valence-corrected chi connectivity index (χ1v) is 9.54. The largest absolute Gasteiger partial charge is 0.497 e. The quantitative estimate of drug-likeness (QED) is 0.582. The summed E-state index contributed by atoms with van der Waals surface area (Å²) in [7, 11) is 1.62. The van der Waals surface area contributed by atoms with Crippen LogP contribution in [-0.2, 0) is 0 Å². The molecule has 27 heavy (non-hydrogen) atoms. The van der Waals surface area contributed by atoms with E-state index in [0.29, 0.717) is 11.7 Å². The minimum absolute atomic E-state index is 0.0550. The average Bonchev–Trinajstić information content (AvgIpc) is 3.16. The fraction of sp³-hybridized carbons (Fsp3) is 0.238. The molecule has 0 spiro atoms. The Balaban J connectivity index is 1.93. The Kier molecular flexibility index (Phi) is 5.86. The maximum absolute atomic E-state index is 14.1. The number of thiazole rings is 1. The lowest BCUT2D eigenvalue weighted by molar-refractivity contribution is 0.0980. The molecule has 0 aliphatic heterocycles. The van der Waals surface area contributed by atoms with Crippen LogP contribution in [0.25, 0.3) is 11.3 Å². The van der Waals surface area contributed by atoms with Gasteiger partial charge in [-0.1, -0.05) is 26.0 Å². The van der Waals surface area contributed by atoms with Gasteiger partial charge in [-0.3, -0.25) is 9.69 Å². The van der Waals surface area contributed by atoms with Gasteiger partial charge < -0.3 is 4.74 Å². The van der Waals surface area contributed by atoms with Gasteiger partial charge in [-0.2, -0.15) is 0 Å². The number of nitrogens with zero attached hydrogens (tertiary/aromatic N) is 2. The van der Waals surface area contributed by atoms with E-state index in [4.69, 9.17) is 4.74 Å². The fourth-order valence-corrected chi connectivity index (χ4v) is 3.52. The predicted molar refractivity (Wildman–Crippen MR) is 107 cm³/mol. The molecule has 0 aliphatic rings. The molecule has 3 aromatic rings. The molecular formula is C21H21FN2O2S. The Morgan fingerprint density at radius 2 is 1.89 bits per heavy atom. The number of benzene rings is 2. The van der Waals surface area contributed by atoms with Gasteiger partial charge in [0, 0.05) is 17.5 Å². The normalized spacial score (nSPS) is 10.9. The van der Waals surface area contributed by atoms with E-state index in [1.165, 1.54) is 23.5 Å². The van der Waals surface area contributed by atoms with Gasteiger partial charge in [-0.05, 0) is 42.3 Å². The Morgan fingerprint density at radius 3 is 2.52 bits per heavy atom. The third-order valence-corrected chi connectivity index (χ3v) is 4.87. The molecule has 4 nitrogen and oxygen atoms in total. The lowest BCUT2D eigenvalue weighted by atomic mass is 10.1. The summed E-state index contributed by atoms with van der Waals surface area (Å²) in [4.78, 5) is 19.1. The molecule has 0 aliphatic carbocycles. The monoisotopic (exact) mass is 384 g/mol. The second-order valence-corrected chi connectivity index (χ2v) is 7.37. The van der Waals surface area contributed by atoms with Crippen molar-refractivity contribution < 1.29 is 13.9 Å². The first kappa shape index (κ1) is 19.0. The number of ether oxygens (including phenoxy) is 1. The second-order valence-electron chi connectivity index (χ2n) is 6.53. The van der Waals surface area contributed by atoms with E-state index < -0.39 is 5.82 Å². The maximum Gasteiger partial charge on any atom is 0.263 e. The highest BCUT2D eigenvalue weighted by molar-refractivity contribution is 7.14. The van der Waals surface area contributed by atoms with Crippen LogP contribution in [0.5, 0.6) is 5.75 Å². The zero-order valence-electron chi connectivity index (χ0n) is 15.5. The lowest BCUT2D eigenvalue weighted by Crippen LogP contribution is -2.34. The van der Waals surface area contributed by atoms with Crippen LogP contribution in [0.4, 0.5) is 9.52 Å². The van der Waals surface area contributed by atoms with Crippen LogP contribution in [0.15, 0.2) is 53.9 Å². The van der Waals surface area contributed by atoms with Gasteiger partial charge >= 0.3 is 0 Å². The highest BCUT2D eigenvalue weighted by Gasteiger charge is 2.24. The smallest absolute Gasteiger partial charge is 0.263 e. The van der Waals surface area contributed by atoms with E-state index >= 15 is 0 Å². The van der Waals surface area contributed by atoms with Gasteiger partial charge in [0.25, 0.3) is 5.91 Å². The SMILES string of the molecule is COc1ccc(-c2csc(N(CC(C)C)C(=O)c3ccccc3F)n2)cc1. The Hall–Kier alpha value is -2.73. The molecule has 0 N–H and O–H groups in total. The van der Waals surface area contributed by atoms with Crippen molar-refractivity contribution in [2.75, 3.05) is 18.6 Å². The molecule has 1 aromatic heterocycles. The van der Waals surface area contributed by atoms with Gasteiger partial charge in [0.1, 0.15) is 11.6 Å². The van der Waals surface area contributed by atoms with E-state index in [2.05, 4.69) is 4.98 Å². The van der Waals surface area contributed by atoms with Gasteiger partial charge in [0.15, 0.2) is 5.13 Å². The highest BCUT2D eigenvalue weighted by Crippen LogP contribution is 2.30. The molecule has 3 rings (SSSR count). The van der Waals surface area contributed by atoms with Crippen LogP contribution in [0, 0.1) is 11.7 Å². The Bertz CT molecular complexity index is 922. The number of halogens is 1. The van der Waals surface area contributed by atoms with Crippen molar-refractivity contribution >= 4 is 22.4 Å². The van der Waals surface area contributed by atoms with E-state index in [1.54, 1.807) is 24.1 Å². The molecule has 2 aromatic carbocycles. The van der Waals surface area contributed by atoms with Crippen molar-refractivity contribution in [1.82, 2.24) is 4.98 Å². The number of carbonyl (C=O) groups is 1.